The summed E-state index contributed by atoms with van der Waals surface area (Å²) in [7, 11) is 0. The van der Waals surface area contributed by atoms with Gasteiger partial charge in [0.1, 0.15) is 5.75 Å². The molecule has 0 unspecified atom stereocenters. The van der Waals surface area contributed by atoms with Crippen LogP contribution in [0.15, 0.2) is 118 Å². The molecule has 0 aromatic heterocycles. The van der Waals surface area contributed by atoms with E-state index in [1.807, 2.05) is 54.6 Å². The average molecular weight is 632 g/mol. The fraction of sp³-hybridized carbons (Fsp3) is 0.235. The summed E-state index contributed by atoms with van der Waals surface area (Å²) < 4.78 is 12.3. The van der Waals surface area contributed by atoms with E-state index in [0.717, 1.165) is 16.7 Å². The van der Waals surface area contributed by atoms with Gasteiger partial charge in [-0.2, -0.15) is 0 Å². The second-order valence-corrected chi connectivity index (χ2v) is 10.7. The first-order chi connectivity index (χ1) is 23.1. The Morgan fingerprint density at radius 3 is 2.40 bits per heavy atom. The molecule has 1 aliphatic heterocycles. The first-order valence-corrected chi connectivity index (χ1v) is 15.0. The molecular formula is C34H33N9O4. The Morgan fingerprint density at radius 1 is 0.936 bits per heavy atom. The number of hydrazine groups is 1. The number of nitrogens with zero attached hydrogens (tertiary/aromatic N) is 7. The lowest BCUT2D eigenvalue weighted by atomic mass is 9.80. The molecule has 47 heavy (non-hydrogen) atoms. The zero-order chi connectivity index (χ0) is 32.9. The first kappa shape index (κ1) is 32.6. The van der Waals surface area contributed by atoms with Crippen LogP contribution in [0.1, 0.15) is 40.3 Å². The van der Waals surface area contributed by atoms with Crippen LogP contribution in [-0.2, 0) is 29.0 Å². The van der Waals surface area contributed by atoms with Crippen LogP contribution in [-0.4, -0.2) is 35.7 Å². The molecule has 3 N–H and O–H groups in total. The van der Waals surface area contributed by atoms with Crippen molar-refractivity contribution in [3.63, 3.8) is 0 Å². The summed E-state index contributed by atoms with van der Waals surface area (Å²) in [6, 6.07) is 31.0. The van der Waals surface area contributed by atoms with E-state index in [1.54, 1.807) is 48.5 Å². The highest BCUT2D eigenvalue weighted by molar-refractivity contribution is 6.01. The lowest BCUT2D eigenvalue weighted by Gasteiger charge is -2.32. The topological polar surface area (TPSA) is 190 Å². The lowest BCUT2D eigenvalue weighted by molar-refractivity contribution is -0.130. The van der Waals surface area contributed by atoms with Gasteiger partial charge in [0.15, 0.2) is 11.6 Å². The van der Waals surface area contributed by atoms with Crippen molar-refractivity contribution in [3.05, 3.63) is 152 Å². The quantitative estimate of drug-likeness (QED) is 0.0442. The molecule has 0 aliphatic carbocycles. The van der Waals surface area contributed by atoms with Crippen molar-refractivity contribution in [1.82, 2.24) is 10.9 Å². The number of ether oxygens (including phenoxy) is 2. The van der Waals surface area contributed by atoms with Crippen molar-refractivity contribution in [2.75, 3.05) is 13.2 Å². The summed E-state index contributed by atoms with van der Waals surface area (Å²) in [5.41, 5.74) is 26.5. The van der Waals surface area contributed by atoms with Crippen molar-refractivity contribution in [2.24, 2.45) is 15.2 Å². The summed E-state index contributed by atoms with van der Waals surface area (Å²) >= 11 is 0. The Hall–Kier alpha value is -5.84. The Kier molecular flexibility index (Phi) is 11.0. The molecule has 0 saturated carbocycles. The van der Waals surface area contributed by atoms with Crippen LogP contribution in [0.3, 0.4) is 0 Å². The Balaban J connectivity index is 1.61. The highest BCUT2D eigenvalue weighted by Gasteiger charge is 2.54. The number of aliphatic hydroxyl groups excluding tert-OH is 1. The number of benzene rings is 4. The van der Waals surface area contributed by atoms with Crippen LogP contribution < -0.4 is 15.6 Å². The van der Waals surface area contributed by atoms with Gasteiger partial charge >= 0.3 is 0 Å². The van der Waals surface area contributed by atoms with Crippen molar-refractivity contribution < 1.29 is 19.4 Å². The molecule has 0 spiro atoms. The van der Waals surface area contributed by atoms with Gasteiger partial charge in [0.2, 0.25) is 5.90 Å². The Labute approximate surface area is 271 Å². The van der Waals surface area contributed by atoms with E-state index in [4.69, 9.17) is 25.1 Å². The van der Waals surface area contributed by atoms with Gasteiger partial charge in [-0.05, 0) is 52.0 Å². The molecule has 1 aliphatic rings. The van der Waals surface area contributed by atoms with Crippen molar-refractivity contribution >= 4 is 17.5 Å². The molecular weight excluding hydrogens is 598 g/mol. The molecule has 0 saturated heterocycles. The summed E-state index contributed by atoms with van der Waals surface area (Å²) in [5.74, 6) is 0.331. The molecule has 0 fully saturated rings. The maximum Gasteiger partial charge on any atom is 0.266 e. The minimum absolute atomic E-state index is 0.0256. The van der Waals surface area contributed by atoms with Gasteiger partial charge in [0.05, 0.1) is 13.2 Å². The molecule has 13 nitrogen and oxygen atoms in total. The molecule has 1 heterocycles. The molecule has 0 bridgehead atoms. The average Bonchev–Trinajstić information content (AvgIpc) is 3.49. The predicted molar refractivity (Wildman–Crippen MR) is 176 cm³/mol. The summed E-state index contributed by atoms with van der Waals surface area (Å²) in [6.45, 7) is 0.814. The van der Waals surface area contributed by atoms with E-state index in [0.29, 0.717) is 42.1 Å². The maximum atomic E-state index is 14.5. The van der Waals surface area contributed by atoms with Crippen LogP contribution in [0.2, 0.25) is 0 Å². The van der Waals surface area contributed by atoms with Gasteiger partial charge in [-0.1, -0.05) is 89.1 Å². The van der Waals surface area contributed by atoms with Crippen LogP contribution in [0, 0.1) is 0 Å². The van der Waals surface area contributed by atoms with Crippen molar-refractivity contribution in [1.29, 1.82) is 0 Å². The standard InChI is InChI=1S/C34H33N9O4/c35-42-38-23-27-12-5-4-11-26(27)21-34(33(45)41-37-22-24-9-2-1-3-10-24)31(29-13-6-7-14-30(29)40-43-36)47-32(39-34)25-15-17-28(18-16-25)46-20-8-19-44/h1-7,9-18,31,37,44H,8,19-23H2,(H,41,45)/t31-,34-/m0/s1. The first-order valence-electron chi connectivity index (χ1n) is 15.0. The van der Waals surface area contributed by atoms with Gasteiger partial charge in [-0.25, -0.2) is 10.4 Å². The lowest BCUT2D eigenvalue weighted by Crippen LogP contribution is -2.53. The largest absolute Gasteiger partial charge is 0.494 e. The van der Waals surface area contributed by atoms with Crippen LogP contribution in [0.4, 0.5) is 5.69 Å². The van der Waals surface area contributed by atoms with Crippen LogP contribution in [0.25, 0.3) is 20.9 Å². The molecule has 13 heteroatoms. The van der Waals surface area contributed by atoms with Crippen molar-refractivity contribution in [3.8, 4) is 5.75 Å². The maximum absolute atomic E-state index is 14.5. The van der Waals surface area contributed by atoms with Gasteiger partial charge < -0.3 is 14.6 Å². The normalized spacial score (nSPS) is 16.6. The molecule has 1 amide bonds. The number of rotatable bonds is 15. The predicted octanol–water partition coefficient (Wildman–Crippen LogP) is 6.52. The number of amides is 1. The van der Waals surface area contributed by atoms with Crippen LogP contribution >= 0.6 is 0 Å². The van der Waals surface area contributed by atoms with E-state index in [-0.39, 0.29) is 25.5 Å². The van der Waals surface area contributed by atoms with E-state index < -0.39 is 17.6 Å². The number of carbonyl (C=O) groups is 1. The van der Waals surface area contributed by atoms with Gasteiger partial charge in [-0.15, -0.1) is 0 Å². The van der Waals surface area contributed by atoms with Gasteiger partial charge in [0.25, 0.3) is 5.91 Å². The highest BCUT2D eigenvalue weighted by atomic mass is 16.5. The zero-order valence-corrected chi connectivity index (χ0v) is 25.4. The third-order valence-electron chi connectivity index (χ3n) is 7.62. The second-order valence-electron chi connectivity index (χ2n) is 10.7. The Bertz CT molecular complexity index is 1800. The molecule has 4 aromatic rings. The van der Waals surface area contributed by atoms with E-state index in [1.165, 1.54) is 0 Å². The zero-order valence-electron chi connectivity index (χ0n) is 25.4. The summed E-state index contributed by atoms with van der Waals surface area (Å²) in [6.07, 6.45) is -0.462. The smallest absolute Gasteiger partial charge is 0.266 e. The second kappa shape index (κ2) is 15.9. The molecule has 238 valence electrons. The summed E-state index contributed by atoms with van der Waals surface area (Å²) in [5, 5.41) is 16.7. The number of carbonyl (C=O) groups excluding carboxylic acids is 1. The Morgan fingerprint density at radius 2 is 1.66 bits per heavy atom. The number of aliphatic imine (C=N–C) groups is 1. The minimum Gasteiger partial charge on any atom is -0.494 e. The van der Waals surface area contributed by atoms with E-state index in [2.05, 4.69) is 30.9 Å². The number of hydrogen-bond acceptors (Lipinski definition) is 8. The number of aliphatic hydroxyl groups is 1. The monoisotopic (exact) mass is 631 g/mol. The van der Waals surface area contributed by atoms with E-state index >= 15 is 0 Å². The minimum atomic E-state index is -1.61. The number of hydrogen-bond donors (Lipinski definition) is 3. The fourth-order valence-corrected chi connectivity index (χ4v) is 5.32. The van der Waals surface area contributed by atoms with Crippen molar-refractivity contribution in [2.45, 2.75) is 37.6 Å². The molecule has 2 atom stereocenters. The van der Waals surface area contributed by atoms with E-state index in [9.17, 15) is 10.3 Å². The SMILES string of the molecule is [N-]=[N+]=NCc1ccccc1C[C@]1(C(=O)NNCc2ccccc2)N=C(c2ccc(OCCCO)cc2)O[C@H]1c1ccccc1N=[N+]=[N-]. The molecule has 5 rings (SSSR count). The van der Waals surface area contributed by atoms with Gasteiger partial charge in [0, 0.05) is 52.6 Å². The number of nitrogens with one attached hydrogen (secondary N) is 2. The summed E-state index contributed by atoms with van der Waals surface area (Å²) in [4.78, 5) is 25.5. The third kappa shape index (κ3) is 7.88. The van der Waals surface area contributed by atoms with Crippen LogP contribution in [0.5, 0.6) is 5.75 Å². The molecule has 0 radical (unpaired) electrons. The molecule has 4 aromatic carbocycles. The number of azide groups is 2. The fourth-order valence-electron chi connectivity index (χ4n) is 5.32. The van der Waals surface area contributed by atoms with Gasteiger partial charge in [-0.3, -0.25) is 10.2 Å². The highest BCUT2D eigenvalue weighted by Crippen LogP contribution is 2.45. The third-order valence-corrected chi connectivity index (χ3v) is 7.62.